The molecule has 0 saturated heterocycles. The van der Waals surface area contributed by atoms with Gasteiger partial charge in [0.2, 0.25) is 0 Å². The average Bonchev–Trinajstić information content (AvgIpc) is 1.87. The highest BCUT2D eigenvalue weighted by atomic mass is 79.9. The van der Waals surface area contributed by atoms with E-state index in [0.717, 1.165) is 4.47 Å². The van der Waals surface area contributed by atoms with Crippen LogP contribution in [-0.4, -0.2) is 4.57 Å². The molecule has 0 aromatic carbocycles. The van der Waals surface area contributed by atoms with Gasteiger partial charge in [0.15, 0.2) is 0 Å². The summed E-state index contributed by atoms with van der Waals surface area (Å²) in [6.45, 7) is 0. The molecule has 2 heteroatoms. The minimum Gasteiger partial charge on any atom is -0.356 e. The first-order valence-corrected chi connectivity index (χ1v) is 2.86. The fourth-order valence-corrected chi connectivity index (χ4v) is 0.911. The van der Waals surface area contributed by atoms with Crippen LogP contribution >= 0.6 is 15.9 Å². The Balaban J connectivity index is 3.04. The third-order valence-electron chi connectivity index (χ3n) is 0.796. The molecule has 1 heterocycles. The summed E-state index contributed by atoms with van der Waals surface area (Å²) in [7, 11) is 1.99. The molecule has 1 aromatic heterocycles. The van der Waals surface area contributed by atoms with Gasteiger partial charge in [-0.1, -0.05) is 0 Å². The van der Waals surface area contributed by atoms with E-state index in [1.54, 1.807) is 0 Å². The Morgan fingerprint density at radius 2 is 2.43 bits per heavy atom. The van der Waals surface area contributed by atoms with Gasteiger partial charge in [-0.3, -0.25) is 0 Å². The molecule has 1 nitrogen and oxygen atoms in total. The monoisotopic (exact) mass is 159 g/mol. The molecule has 0 aliphatic carbocycles. The fourth-order valence-electron chi connectivity index (χ4n) is 0.469. The van der Waals surface area contributed by atoms with Crippen molar-refractivity contribution in [3.05, 3.63) is 22.9 Å². The summed E-state index contributed by atoms with van der Waals surface area (Å²) in [4.78, 5) is 0. The van der Waals surface area contributed by atoms with Gasteiger partial charge in [0, 0.05) is 23.9 Å². The lowest BCUT2D eigenvalue weighted by molar-refractivity contribution is 0.926. The van der Waals surface area contributed by atoms with Crippen LogP contribution in [0.5, 0.6) is 0 Å². The summed E-state index contributed by atoms with van der Waals surface area (Å²) in [5.74, 6) is 0. The van der Waals surface area contributed by atoms with Gasteiger partial charge < -0.3 is 4.57 Å². The van der Waals surface area contributed by atoms with Crippen LogP contribution in [0.4, 0.5) is 0 Å². The van der Waals surface area contributed by atoms with E-state index in [9.17, 15) is 0 Å². The predicted octanol–water partition coefficient (Wildman–Crippen LogP) is 1.79. The maximum Gasteiger partial charge on any atom is 0.0351 e. The first kappa shape index (κ1) is 4.91. The van der Waals surface area contributed by atoms with Crippen LogP contribution in [0.1, 0.15) is 0 Å². The molecule has 1 aromatic rings. The number of nitrogens with zero attached hydrogens (tertiary/aromatic N) is 1. The van der Waals surface area contributed by atoms with E-state index < -0.39 is 0 Å². The molecular formula is C5H6BrN. The third-order valence-corrected chi connectivity index (χ3v) is 1.26. The van der Waals surface area contributed by atoms with Crippen LogP contribution in [0.3, 0.4) is 0 Å². The molecule has 0 fully saturated rings. The van der Waals surface area contributed by atoms with Crippen molar-refractivity contribution < 1.29 is 0 Å². The van der Waals surface area contributed by atoms with Gasteiger partial charge in [-0.25, -0.2) is 0 Å². The average molecular weight is 160 g/mol. The van der Waals surface area contributed by atoms with Gasteiger partial charge in [-0.2, -0.15) is 0 Å². The molecule has 0 unspecified atom stereocenters. The van der Waals surface area contributed by atoms with E-state index in [-0.39, 0.29) is 0 Å². The van der Waals surface area contributed by atoms with Crippen molar-refractivity contribution in [2.24, 2.45) is 7.05 Å². The normalized spacial score (nSPS) is 9.43. The molecule has 0 saturated carbocycles. The van der Waals surface area contributed by atoms with E-state index >= 15 is 0 Å². The topological polar surface area (TPSA) is 4.93 Å². The SMILES string of the molecule is Cn1ccc(Br)c1. The van der Waals surface area contributed by atoms with E-state index in [2.05, 4.69) is 15.9 Å². The van der Waals surface area contributed by atoms with Gasteiger partial charge in [0.1, 0.15) is 0 Å². The largest absolute Gasteiger partial charge is 0.356 e. The number of aryl methyl sites for hydroxylation is 1. The molecule has 0 aliphatic rings. The minimum atomic E-state index is 1.13. The van der Waals surface area contributed by atoms with Crippen LogP contribution < -0.4 is 0 Å². The summed E-state index contributed by atoms with van der Waals surface area (Å²) < 4.78 is 3.12. The van der Waals surface area contributed by atoms with Crippen LogP contribution in [0, 0.1) is 0 Å². The van der Waals surface area contributed by atoms with Crippen molar-refractivity contribution in [1.29, 1.82) is 0 Å². The molecule has 0 bridgehead atoms. The lowest BCUT2D eigenvalue weighted by Crippen LogP contribution is -1.75. The smallest absolute Gasteiger partial charge is 0.0351 e. The van der Waals surface area contributed by atoms with Crippen molar-refractivity contribution in [2.45, 2.75) is 0 Å². The Morgan fingerprint density at radius 1 is 1.71 bits per heavy atom. The maximum absolute atomic E-state index is 3.31. The first-order chi connectivity index (χ1) is 3.29. The molecule has 0 amide bonds. The van der Waals surface area contributed by atoms with Crippen LogP contribution in [0.15, 0.2) is 22.9 Å². The summed E-state index contributed by atoms with van der Waals surface area (Å²) in [5.41, 5.74) is 0. The number of aromatic nitrogens is 1. The predicted molar refractivity (Wildman–Crippen MR) is 33.1 cm³/mol. The van der Waals surface area contributed by atoms with Gasteiger partial charge in [-0.15, -0.1) is 0 Å². The van der Waals surface area contributed by atoms with Crippen molar-refractivity contribution in [2.75, 3.05) is 0 Å². The quantitative estimate of drug-likeness (QED) is 0.545. The van der Waals surface area contributed by atoms with Crippen molar-refractivity contribution in [1.82, 2.24) is 4.57 Å². The summed E-state index contributed by atoms with van der Waals surface area (Å²) >= 11 is 3.31. The number of rotatable bonds is 0. The Morgan fingerprint density at radius 3 is 2.57 bits per heavy atom. The minimum absolute atomic E-state index is 1.13. The van der Waals surface area contributed by atoms with Gasteiger partial charge in [0.05, 0.1) is 0 Å². The summed E-state index contributed by atoms with van der Waals surface area (Å²) in [6.07, 6.45) is 3.99. The highest BCUT2D eigenvalue weighted by Gasteiger charge is 1.82. The molecule has 0 aliphatic heterocycles. The van der Waals surface area contributed by atoms with Crippen molar-refractivity contribution in [3.8, 4) is 0 Å². The summed E-state index contributed by atoms with van der Waals surface area (Å²) in [5, 5.41) is 0. The molecule has 0 atom stereocenters. The van der Waals surface area contributed by atoms with Crippen LogP contribution in [0.25, 0.3) is 0 Å². The van der Waals surface area contributed by atoms with Gasteiger partial charge in [0.25, 0.3) is 0 Å². The van der Waals surface area contributed by atoms with E-state index in [0.29, 0.717) is 0 Å². The Bertz CT molecular complexity index is 140. The van der Waals surface area contributed by atoms with Gasteiger partial charge in [-0.05, 0) is 22.0 Å². The van der Waals surface area contributed by atoms with Crippen molar-refractivity contribution in [3.63, 3.8) is 0 Å². The zero-order chi connectivity index (χ0) is 5.28. The zero-order valence-electron chi connectivity index (χ0n) is 4.06. The second kappa shape index (κ2) is 1.70. The Kier molecular flexibility index (Phi) is 1.19. The second-order valence-electron chi connectivity index (χ2n) is 1.50. The second-order valence-corrected chi connectivity index (χ2v) is 2.41. The Hall–Kier alpha value is -0.240. The van der Waals surface area contributed by atoms with Crippen LogP contribution in [-0.2, 0) is 7.05 Å². The van der Waals surface area contributed by atoms with E-state index in [1.165, 1.54) is 0 Å². The maximum atomic E-state index is 3.31. The summed E-state index contributed by atoms with van der Waals surface area (Å²) in [6, 6.07) is 2.00. The van der Waals surface area contributed by atoms with Crippen molar-refractivity contribution >= 4 is 15.9 Å². The molecular weight excluding hydrogens is 154 g/mol. The Labute approximate surface area is 51.1 Å². The highest BCUT2D eigenvalue weighted by Crippen LogP contribution is 2.06. The van der Waals surface area contributed by atoms with E-state index in [4.69, 9.17) is 0 Å². The number of hydrogen-bond donors (Lipinski definition) is 0. The molecule has 0 N–H and O–H groups in total. The fraction of sp³-hybridized carbons (Fsp3) is 0.200. The molecule has 38 valence electrons. The van der Waals surface area contributed by atoms with Crippen LogP contribution in [0.2, 0.25) is 0 Å². The third kappa shape index (κ3) is 1.06. The van der Waals surface area contributed by atoms with Gasteiger partial charge >= 0.3 is 0 Å². The zero-order valence-corrected chi connectivity index (χ0v) is 5.64. The highest BCUT2D eigenvalue weighted by molar-refractivity contribution is 9.10. The first-order valence-electron chi connectivity index (χ1n) is 2.06. The molecule has 0 radical (unpaired) electrons. The van der Waals surface area contributed by atoms with E-state index in [1.807, 2.05) is 30.1 Å². The lowest BCUT2D eigenvalue weighted by atomic mass is 10.7. The molecule has 1 rings (SSSR count). The molecule has 7 heavy (non-hydrogen) atoms. The standard InChI is InChI=1S/C5H6BrN/c1-7-3-2-5(6)4-7/h2-4H,1H3. The lowest BCUT2D eigenvalue weighted by Gasteiger charge is -1.80. The molecule has 0 spiro atoms. The number of halogens is 1. The number of hydrogen-bond acceptors (Lipinski definition) is 0.